The minimum Gasteiger partial charge on any atom is -0.373 e. The number of hydrogen-bond acceptors (Lipinski definition) is 4. The van der Waals surface area contributed by atoms with Gasteiger partial charge < -0.3 is 10.6 Å². The van der Waals surface area contributed by atoms with E-state index >= 15 is 0 Å². The molecule has 0 unspecified atom stereocenters. The molecule has 6 heteroatoms. The standard InChI is InChI=1S/C14H16Cl2N4/c1-3-5-11-19-12(17-2)8-13(20-11)18-10-7-4-6-9(15)14(10)16/h4,6-8H,3,5H2,1-2H3,(H2,17,18,19,20). The minimum absolute atomic E-state index is 0.482. The van der Waals surface area contributed by atoms with Crippen molar-refractivity contribution >= 4 is 40.5 Å². The van der Waals surface area contributed by atoms with Crippen LogP contribution in [0.1, 0.15) is 19.2 Å². The maximum atomic E-state index is 6.16. The second kappa shape index (κ2) is 6.77. The van der Waals surface area contributed by atoms with Gasteiger partial charge in [0.1, 0.15) is 17.5 Å². The predicted octanol–water partition coefficient (Wildman–Crippen LogP) is 4.52. The molecule has 1 aromatic carbocycles. The Bertz CT molecular complexity index is 602. The van der Waals surface area contributed by atoms with Crippen LogP contribution in [0.15, 0.2) is 24.3 Å². The molecule has 0 amide bonds. The average Bonchev–Trinajstić information content (AvgIpc) is 2.44. The molecule has 0 saturated carbocycles. The molecule has 4 nitrogen and oxygen atoms in total. The van der Waals surface area contributed by atoms with Gasteiger partial charge >= 0.3 is 0 Å². The lowest BCUT2D eigenvalue weighted by atomic mass is 10.3. The van der Waals surface area contributed by atoms with Crippen LogP contribution in [0.4, 0.5) is 17.3 Å². The third kappa shape index (κ3) is 3.52. The normalized spacial score (nSPS) is 10.4. The summed E-state index contributed by atoms with van der Waals surface area (Å²) in [6.07, 6.45) is 1.82. The Hall–Kier alpha value is -1.52. The van der Waals surface area contributed by atoms with Gasteiger partial charge in [-0.15, -0.1) is 0 Å². The molecule has 0 atom stereocenters. The van der Waals surface area contributed by atoms with Crippen LogP contribution in [0.2, 0.25) is 10.0 Å². The summed E-state index contributed by atoms with van der Waals surface area (Å²) in [4.78, 5) is 8.88. The fourth-order valence-corrected chi connectivity index (χ4v) is 2.11. The van der Waals surface area contributed by atoms with Crippen LogP contribution >= 0.6 is 23.2 Å². The molecule has 0 saturated heterocycles. The molecule has 20 heavy (non-hydrogen) atoms. The molecule has 2 N–H and O–H groups in total. The first kappa shape index (κ1) is 14.9. The predicted molar refractivity (Wildman–Crippen MR) is 85.3 cm³/mol. The van der Waals surface area contributed by atoms with Gasteiger partial charge in [0.15, 0.2) is 0 Å². The van der Waals surface area contributed by atoms with E-state index in [-0.39, 0.29) is 0 Å². The van der Waals surface area contributed by atoms with E-state index in [1.165, 1.54) is 0 Å². The first-order chi connectivity index (χ1) is 9.63. The Morgan fingerprint density at radius 1 is 1.15 bits per heavy atom. The Morgan fingerprint density at radius 3 is 2.60 bits per heavy atom. The molecule has 0 bridgehead atoms. The Morgan fingerprint density at radius 2 is 1.90 bits per heavy atom. The first-order valence-corrected chi connectivity index (χ1v) is 7.16. The first-order valence-electron chi connectivity index (χ1n) is 6.40. The van der Waals surface area contributed by atoms with Gasteiger partial charge in [0, 0.05) is 19.5 Å². The number of nitrogens with one attached hydrogen (secondary N) is 2. The van der Waals surface area contributed by atoms with Crippen LogP contribution in [0, 0.1) is 0 Å². The van der Waals surface area contributed by atoms with E-state index in [1.807, 2.05) is 25.2 Å². The summed E-state index contributed by atoms with van der Waals surface area (Å²) in [5.41, 5.74) is 0.724. The Kier molecular flexibility index (Phi) is 5.04. The van der Waals surface area contributed by atoms with E-state index in [0.717, 1.165) is 30.2 Å². The quantitative estimate of drug-likeness (QED) is 0.852. The van der Waals surface area contributed by atoms with Crippen molar-refractivity contribution in [3.05, 3.63) is 40.1 Å². The number of anilines is 3. The molecule has 0 aliphatic rings. The van der Waals surface area contributed by atoms with Crippen LogP contribution in [0.25, 0.3) is 0 Å². The highest BCUT2D eigenvalue weighted by atomic mass is 35.5. The monoisotopic (exact) mass is 310 g/mol. The third-order valence-electron chi connectivity index (χ3n) is 2.72. The average molecular weight is 311 g/mol. The molecule has 1 heterocycles. The lowest BCUT2D eigenvalue weighted by molar-refractivity contribution is 0.838. The zero-order valence-electron chi connectivity index (χ0n) is 11.4. The maximum absolute atomic E-state index is 6.16. The number of halogens is 2. The number of hydrogen-bond donors (Lipinski definition) is 2. The molecule has 0 aliphatic heterocycles. The summed E-state index contributed by atoms with van der Waals surface area (Å²) in [5, 5.41) is 7.20. The third-order valence-corrected chi connectivity index (χ3v) is 3.54. The second-order valence-electron chi connectivity index (χ2n) is 4.28. The summed E-state index contributed by atoms with van der Waals surface area (Å²) in [6.45, 7) is 2.09. The summed E-state index contributed by atoms with van der Waals surface area (Å²) in [6, 6.07) is 7.27. The highest BCUT2D eigenvalue weighted by Gasteiger charge is 2.07. The van der Waals surface area contributed by atoms with E-state index < -0.39 is 0 Å². The summed E-state index contributed by atoms with van der Waals surface area (Å²) >= 11 is 12.2. The summed E-state index contributed by atoms with van der Waals surface area (Å²) in [5.74, 6) is 2.25. The molecular weight excluding hydrogens is 295 g/mol. The molecule has 2 rings (SSSR count). The zero-order valence-corrected chi connectivity index (χ0v) is 12.9. The van der Waals surface area contributed by atoms with Crippen molar-refractivity contribution in [3.8, 4) is 0 Å². The number of aromatic nitrogens is 2. The number of aryl methyl sites for hydroxylation is 1. The fraction of sp³-hybridized carbons (Fsp3) is 0.286. The van der Waals surface area contributed by atoms with E-state index in [1.54, 1.807) is 6.07 Å². The molecule has 0 fully saturated rings. The number of benzene rings is 1. The summed E-state index contributed by atoms with van der Waals surface area (Å²) < 4.78 is 0. The number of nitrogens with zero attached hydrogens (tertiary/aromatic N) is 2. The topological polar surface area (TPSA) is 49.8 Å². The van der Waals surface area contributed by atoms with Crippen LogP contribution in [-0.4, -0.2) is 17.0 Å². The molecule has 1 aromatic heterocycles. The molecule has 0 radical (unpaired) electrons. The van der Waals surface area contributed by atoms with Crippen molar-refractivity contribution in [2.24, 2.45) is 0 Å². The van der Waals surface area contributed by atoms with Crippen molar-refractivity contribution in [3.63, 3.8) is 0 Å². The van der Waals surface area contributed by atoms with Crippen LogP contribution < -0.4 is 10.6 Å². The van der Waals surface area contributed by atoms with Gasteiger partial charge in [0.05, 0.1) is 15.7 Å². The van der Waals surface area contributed by atoms with Gasteiger partial charge in [-0.3, -0.25) is 0 Å². The second-order valence-corrected chi connectivity index (χ2v) is 5.07. The van der Waals surface area contributed by atoms with Crippen molar-refractivity contribution in [1.29, 1.82) is 0 Å². The Balaban J connectivity index is 2.32. The van der Waals surface area contributed by atoms with Crippen LogP contribution in [-0.2, 0) is 6.42 Å². The molecule has 106 valence electrons. The zero-order chi connectivity index (χ0) is 14.5. The molecule has 2 aromatic rings. The fourth-order valence-electron chi connectivity index (χ4n) is 1.76. The van der Waals surface area contributed by atoms with E-state index in [9.17, 15) is 0 Å². The van der Waals surface area contributed by atoms with Gasteiger partial charge in [-0.25, -0.2) is 9.97 Å². The van der Waals surface area contributed by atoms with Crippen molar-refractivity contribution in [1.82, 2.24) is 9.97 Å². The lowest BCUT2D eigenvalue weighted by Crippen LogP contribution is -2.04. The summed E-state index contributed by atoms with van der Waals surface area (Å²) in [7, 11) is 1.83. The van der Waals surface area contributed by atoms with E-state index in [0.29, 0.717) is 15.9 Å². The van der Waals surface area contributed by atoms with E-state index in [2.05, 4.69) is 27.5 Å². The molecule has 0 aliphatic carbocycles. The highest BCUT2D eigenvalue weighted by molar-refractivity contribution is 6.43. The number of rotatable bonds is 5. The van der Waals surface area contributed by atoms with Crippen molar-refractivity contribution in [2.75, 3.05) is 17.7 Å². The molecular formula is C14H16Cl2N4. The van der Waals surface area contributed by atoms with Gasteiger partial charge in [0.25, 0.3) is 0 Å². The van der Waals surface area contributed by atoms with Crippen molar-refractivity contribution < 1.29 is 0 Å². The van der Waals surface area contributed by atoms with Crippen LogP contribution in [0.3, 0.4) is 0 Å². The highest BCUT2D eigenvalue weighted by Crippen LogP contribution is 2.31. The smallest absolute Gasteiger partial charge is 0.136 e. The Labute approximate surface area is 128 Å². The molecule has 0 spiro atoms. The van der Waals surface area contributed by atoms with Gasteiger partial charge in [0.2, 0.25) is 0 Å². The van der Waals surface area contributed by atoms with E-state index in [4.69, 9.17) is 23.2 Å². The van der Waals surface area contributed by atoms with Crippen LogP contribution in [0.5, 0.6) is 0 Å². The minimum atomic E-state index is 0.482. The SMILES string of the molecule is CCCc1nc(NC)cc(Nc2cccc(Cl)c2Cl)n1. The maximum Gasteiger partial charge on any atom is 0.136 e. The van der Waals surface area contributed by atoms with Crippen molar-refractivity contribution in [2.45, 2.75) is 19.8 Å². The largest absolute Gasteiger partial charge is 0.373 e. The van der Waals surface area contributed by atoms with Gasteiger partial charge in [-0.2, -0.15) is 0 Å². The lowest BCUT2D eigenvalue weighted by Gasteiger charge is -2.11. The van der Waals surface area contributed by atoms with Gasteiger partial charge in [-0.1, -0.05) is 36.2 Å². The van der Waals surface area contributed by atoms with Gasteiger partial charge in [-0.05, 0) is 18.6 Å².